The third-order valence-corrected chi connectivity index (χ3v) is 3.97. The zero-order valence-corrected chi connectivity index (χ0v) is 14.5. The summed E-state index contributed by atoms with van der Waals surface area (Å²) in [7, 11) is 1.28. The first-order valence-corrected chi connectivity index (χ1v) is 8.25. The Labute approximate surface area is 154 Å². The second kappa shape index (κ2) is 7.17. The number of nitrogens with one attached hydrogen (secondary N) is 1. The van der Waals surface area contributed by atoms with E-state index in [1.54, 1.807) is 4.68 Å². The molecule has 27 heavy (non-hydrogen) atoms. The maximum Gasteiger partial charge on any atom is 0.427 e. The molecule has 0 saturated heterocycles. The number of fused-ring (bicyclic) bond motifs is 1. The molecule has 7 heteroatoms. The first-order chi connectivity index (χ1) is 13.2. The van der Waals surface area contributed by atoms with Crippen molar-refractivity contribution < 1.29 is 13.9 Å². The molecule has 1 amide bonds. The highest BCUT2D eigenvalue weighted by molar-refractivity contribution is 5.91. The molecule has 7 nitrogen and oxygen atoms in total. The van der Waals surface area contributed by atoms with Gasteiger partial charge in [-0.25, -0.2) is 14.9 Å². The van der Waals surface area contributed by atoms with Gasteiger partial charge < -0.3 is 9.15 Å². The van der Waals surface area contributed by atoms with Gasteiger partial charge in [-0.3, -0.25) is 0 Å². The second-order valence-electron chi connectivity index (χ2n) is 5.72. The number of furan rings is 1. The number of benzene rings is 2. The number of aromatic nitrogens is 2. The molecule has 0 aliphatic heterocycles. The molecule has 2 heterocycles. The third-order valence-electron chi connectivity index (χ3n) is 3.97. The predicted molar refractivity (Wildman–Crippen MR) is 102 cm³/mol. The molecule has 0 aliphatic rings. The summed E-state index contributed by atoms with van der Waals surface area (Å²) in [6.07, 6.45) is 2.68. The quantitative estimate of drug-likeness (QED) is 0.441. The van der Waals surface area contributed by atoms with E-state index >= 15 is 0 Å². The van der Waals surface area contributed by atoms with Crippen LogP contribution in [0.25, 0.3) is 28.1 Å². The maximum atomic E-state index is 11.2. The van der Waals surface area contributed by atoms with E-state index in [-0.39, 0.29) is 0 Å². The van der Waals surface area contributed by atoms with Crippen LogP contribution in [0, 0.1) is 0 Å². The lowest BCUT2D eigenvalue weighted by molar-refractivity contribution is 0.171. The van der Waals surface area contributed by atoms with Gasteiger partial charge in [0.15, 0.2) is 5.76 Å². The molecule has 134 valence electrons. The fourth-order valence-corrected chi connectivity index (χ4v) is 2.68. The highest BCUT2D eigenvalue weighted by atomic mass is 16.5. The SMILES string of the molecule is COC(=O)N/N=C/c1cn(-c2ccccc2)nc1-c1cc2ccccc2o1. The summed E-state index contributed by atoms with van der Waals surface area (Å²) in [6.45, 7) is 0. The number of ether oxygens (including phenoxy) is 1. The minimum Gasteiger partial charge on any atom is -0.454 e. The molecule has 2 aromatic heterocycles. The molecule has 0 bridgehead atoms. The zero-order chi connectivity index (χ0) is 18.6. The number of hydrogen-bond acceptors (Lipinski definition) is 5. The maximum absolute atomic E-state index is 11.2. The first-order valence-electron chi connectivity index (χ1n) is 8.25. The van der Waals surface area contributed by atoms with E-state index in [4.69, 9.17) is 4.42 Å². The highest BCUT2D eigenvalue weighted by Crippen LogP contribution is 2.29. The van der Waals surface area contributed by atoms with E-state index in [0.29, 0.717) is 17.0 Å². The van der Waals surface area contributed by atoms with Crippen LogP contribution in [0.4, 0.5) is 4.79 Å². The van der Waals surface area contributed by atoms with Gasteiger partial charge in [0.2, 0.25) is 0 Å². The Bertz CT molecular complexity index is 1080. The smallest absolute Gasteiger partial charge is 0.427 e. The Kier molecular flexibility index (Phi) is 4.40. The van der Waals surface area contributed by atoms with Gasteiger partial charge in [0.25, 0.3) is 0 Å². The lowest BCUT2D eigenvalue weighted by Crippen LogP contribution is -2.16. The number of carbonyl (C=O) groups excluding carboxylic acids is 1. The summed E-state index contributed by atoms with van der Waals surface area (Å²) in [5, 5.41) is 9.55. The van der Waals surface area contributed by atoms with Crippen LogP contribution < -0.4 is 5.43 Å². The van der Waals surface area contributed by atoms with Crippen LogP contribution in [-0.2, 0) is 4.74 Å². The molecule has 2 aromatic carbocycles. The van der Waals surface area contributed by atoms with Gasteiger partial charge in [-0.2, -0.15) is 10.2 Å². The van der Waals surface area contributed by atoms with Gasteiger partial charge in [-0.15, -0.1) is 0 Å². The van der Waals surface area contributed by atoms with Crippen molar-refractivity contribution in [3.05, 3.63) is 72.4 Å². The molecule has 0 unspecified atom stereocenters. The Morgan fingerprint density at radius 2 is 1.96 bits per heavy atom. The van der Waals surface area contributed by atoms with Gasteiger partial charge >= 0.3 is 6.09 Å². The standard InChI is InChI=1S/C20H16N4O3/c1-26-20(25)22-21-12-15-13-24(16-8-3-2-4-9-16)23-19(15)18-11-14-7-5-6-10-17(14)27-18/h2-13H,1H3,(H,22,25)/b21-12+. The van der Waals surface area contributed by atoms with Crippen LogP contribution in [0.5, 0.6) is 0 Å². The Balaban J connectivity index is 1.78. The summed E-state index contributed by atoms with van der Waals surface area (Å²) < 4.78 is 12.2. The van der Waals surface area contributed by atoms with Crippen LogP contribution in [0.15, 0.2) is 76.4 Å². The average Bonchev–Trinajstić information content (AvgIpc) is 3.32. The molecule has 0 saturated carbocycles. The highest BCUT2D eigenvalue weighted by Gasteiger charge is 2.15. The van der Waals surface area contributed by atoms with E-state index < -0.39 is 6.09 Å². The number of amides is 1. The lowest BCUT2D eigenvalue weighted by atomic mass is 10.2. The van der Waals surface area contributed by atoms with Crippen LogP contribution in [0.2, 0.25) is 0 Å². The Morgan fingerprint density at radius 3 is 2.74 bits per heavy atom. The van der Waals surface area contributed by atoms with Crippen molar-refractivity contribution in [2.75, 3.05) is 7.11 Å². The van der Waals surface area contributed by atoms with Crippen LogP contribution in [0.3, 0.4) is 0 Å². The Morgan fingerprint density at radius 1 is 1.19 bits per heavy atom. The largest absolute Gasteiger partial charge is 0.454 e. The van der Waals surface area contributed by atoms with Gasteiger partial charge in [0.05, 0.1) is 19.0 Å². The van der Waals surface area contributed by atoms with Crippen molar-refractivity contribution in [2.24, 2.45) is 5.10 Å². The number of nitrogens with zero attached hydrogens (tertiary/aromatic N) is 3. The molecule has 4 aromatic rings. The van der Waals surface area contributed by atoms with Crippen LogP contribution >= 0.6 is 0 Å². The summed E-state index contributed by atoms with van der Waals surface area (Å²) in [5.74, 6) is 0.616. The fourth-order valence-electron chi connectivity index (χ4n) is 2.68. The molecule has 1 N–H and O–H groups in total. The molecule has 0 spiro atoms. The fraction of sp³-hybridized carbons (Fsp3) is 0.0500. The number of para-hydroxylation sites is 2. The first kappa shape index (κ1) is 16.6. The van der Waals surface area contributed by atoms with E-state index in [1.807, 2.05) is 66.9 Å². The van der Waals surface area contributed by atoms with E-state index in [9.17, 15) is 4.79 Å². The third kappa shape index (κ3) is 3.43. The summed E-state index contributed by atoms with van der Waals surface area (Å²) in [5.41, 5.74) is 5.25. The number of hydrazone groups is 1. The topological polar surface area (TPSA) is 81.6 Å². The number of carbonyl (C=O) groups is 1. The molecular weight excluding hydrogens is 344 g/mol. The van der Waals surface area contributed by atoms with E-state index in [0.717, 1.165) is 16.7 Å². The van der Waals surface area contributed by atoms with Crippen molar-refractivity contribution in [3.63, 3.8) is 0 Å². The second-order valence-corrected chi connectivity index (χ2v) is 5.72. The summed E-state index contributed by atoms with van der Waals surface area (Å²) in [6, 6.07) is 19.4. The molecule has 4 rings (SSSR count). The number of hydrogen-bond donors (Lipinski definition) is 1. The van der Waals surface area contributed by atoms with Crippen molar-refractivity contribution in [2.45, 2.75) is 0 Å². The lowest BCUT2D eigenvalue weighted by Gasteiger charge is -1.98. The minimum absolute atomic E-state index is 0.616. The number of methoxy groups -OCH3 is 1. The van der Waals surface area contributed by atoms with Crippen molar-refractivity contribution >= 4 is 23.3 Å². The summed E-state index contributed by atoms with van der Waals surface area (Å²) in [4.78, 5) is 11.2. The molecule has 0 radical (unpaired) electrons. The van der Waals surface area contributed by atoms with Crippen molar-refractivity contribution in [1.82, 2.24) is 15.2 Å². The van der Waals surface area contributed by atoms with Crippen LogP contribution in [0.1, 0.15) is 5.56 Å². The number of rotatable bonds is 4. The monoisotopic (exact) mass is 360 g/mol. The molecule has 0 fully saturated rings. The van der Waals surface area contributed by atoms with E-state index in [2.05, 4.69) is 20.4 Å². The van der Waals surface area contributed by atoms with E-state index in [1.165, 1.54) is 13.3 Å². The molecule has 0 aliphatic carbocycles. The van der Waals surface area contributed by atoms with Crippen molar-refractivity contribution in [1.29, 1.82) is 0 Å². The molecule has 0 atom stereocenters. The van der Waals surface area contributed by atoms with Gasteiger partial charge in [-0.05, 0) is 24.3 Å². The molecular formula is C20H16N4O3. The average molecular weight is 360 g/mol. The predicted octanol–water partition coefficient (Wildman–Crippen LogP) is 3.98. The van der Waals surface area contributed by atoms with Gasteiger partial charge in [-0.1, -0.05) is 36.4 Å². The zero-order valence-electron chi connectivity index (χ0n) is 14.5. The van der Waals surface area contributed by atoms with Gasteiger partial charge in [0, 0.05) is 17.1 Å². The van der Waals surface area contributed by atoms with Gasteiger partial charge in [0.1, 0.15) is 11.3 Å². The van der Waals surface area contributed by atoms with Crippen LogP contribution in [-0.4, -0.2) is 29.2 Å². The minimum atomic E-state index is -0.646. The Hall–Kier alpha value is -3.87. The summed E-state index contributed by atoms with van der Waals surface area (Å²) >= 11 is 0. The van der Waals surface area contributed by atoms with Crippen molar-refractivity contribution in [3.8, 4) is 17.1 Å². The normalized spacial score (nSPS) is 11.1.